The molecule has 3 heteroatoms. The van der Waals surface area contributed by atoms with E-state index in [1.807, 2.05) is 43.3 Å². The number of allylic oxidation sites excluding steroid dienone is 2. The minimum Gasteiger partial charge on any atom is -0.464 e. The molecule has 0 amide bonds. The second-order valence-electron chi connectivity index (χ2n) is 8.77. The van der Waals surface area contributed by atoms with Crippen LogP contribution in [0.1, 0.15) is 71.4 Å². The van der Waals surface area contributed by atoms with Gasteiger partial charge in [-0.05, 0) is 51.9 Å². The highest BCUT2D eigenvalue weighted by Gasteiger charge is 2.30. The van der Waals surface area contributed by atoms with Crippen LogP contribution >= 0.6 is 0 Å². The van der Waals surface area contributed by atoms with Crippen LogP contribution < -0.4 is 0 Å². The molecule has 0 fully saturated rings. The molecule has 0 spiro atoms. The van der Waals surface area contributed by atoms with Crippen LogP contribution in [0.2, 0.25) is 0 Å². The third-order valence-electron chi connectivity index (χ3n) is 5.78. The second kappa shape index (κ2) is 13.7. The van der Waals surface area contributed by atoms with Crippen LogP contribution in [0.4, 0.5) is 0 Å². The number of aliphatic imine (C=N–C) groups is 1. The summed E-state index contributed by atoms with van der Waals surface area (Å²) in [5, 5.41) is 0. The predicted molar refractivity (Wildman–Crippen MR) is 135 cm³/mol. The van der Waals surface area contributed by atoms with Crippen molar-refractivity contribution in [1.82, 2.24) is 0 Å². The van der Waals surface area contributed by atoms with E-state index in [1.54, 1.807) is 0 Å². The van der Waals surface area contributed by atoms with Gasteiger partial charge in [0.05, 0.1) is 12.3 Å². The average Bonchev–Trinajstić information content (AvgIpc) is 2.79. The molecule has 0 radical (unpaired) electrons. The van der Waals surface area contributed by atoms with E-state index < -0.39 is 6.04 Å². The molecule has 0 heterocycles. The van der Waals surface area contributed by atoms with Crippen molar-refractivity contribution in [3.63, 3.8) is 0 Å². The quantitative estimate of drug-likeness (QED) is 0.201. The van der Waals surface area contributed by atoms with E-state index in [0.717, 1.165) is 42.5 Å². The summed E-state index contributed by atoms with van der Waals surface area (Å²) in [6.45, 7) is 10.9. The monoisotopic (exact) mass is 433 g/mol. The number of rotatable bonds is 12. The molecule has 0 N–H and O–H groups in total. The second-order valence-corrected chi connectivity index (χ2v) is 8.77. The van der Waals surface area contributed by atoms with Crippen molar-refractivity contribution in [2.75, 3.05) is 6.61 Å². The third kappa shape index (κ3) is 8.11. The number of carbonyl (C=O) groups is 1. The first-order valence-electron chi connectivity index (χ1n) is 11.9. The van der Waals surface area contributed by atoms with Gasteiger partial charge in [-0.15, -0.1) is 0 Å². The molecule has 0 aliphatic carbocycles. The third-order valence-corrected chi connectivity index (χ3v) is 5.78. The van der Waals surface area contributed by atoms with E-state index in [4.69, 9.17) is 9.73 Å². The Balaban J connectivity index is 2.40. The van der Waals surface area contributed by atoms with Crippen LogP contribution in [-0.4, -0.2) is 24.3 Å². The lowest BCUT2D eigenvalue weighted by Crippen LogP contribution is -2.32. The number of nitrogens with zero attached hydrogens (tertiary/aromatic N) is 1. The van der Waals surface area contributed by atoms with Gasteiger partial charge in [0, 0.05) is 11.1 Å². The highest BCUT2D eigenvalue weighted by molar-refractivity contribution is 6.13. The van der Waals surface area contributed by atoms with Crippen LogP contribution in [0, 0.1) is 11.8 Å². The molecule has 2 aromatic carbocycles. The zero-order chi connectivity index (χ0) is 23.3. The van der Waals surface area contributed by atoms with Crippen LogP contribution in [-0.2, 0) is 9.53 Å². The van der Waals surface area contributed by atoms with Crippen molar-refractivity contribution < 1.29 is 9.53 Å². The van der Waals surface area contributed by atoms with Gasteiger partial charge in [0.15, 0.2) is 6.04 Å². The number of benzene rings is 2. The minimum absolute atomic E-state index is 0.137. The molecule has 0 aliphatic rings. The summed E-state index contributed by atoms with van der Waals surface area (Å²) in [5.41, 5.74) is 4.23. The van der Waals surface area contributed by atoms with Gasteiger partial charge < -0.3 is 4.74 Å². The topological polar surface area (TPSA) is 38.7 Å². The molecule has 32 heavy (non-hydrogen) atoms. The standard InChI is InChI=1S/C29H39NO2/c1-6-24(21-23(5)16-14-15-22(3)4)28(29(31)32-7-2)30-27(25-17-10-8-11-18-25)26-19-12-9-13-20-26/h8-13,15,17-20,23-24,28H,6-7,14,16,21H2,1-5H3/t23-,24-,28+/m1/s1. The Labute approximate surface area is 194 Å². The number of carbonyl (C=O) groups excluding carboxylic acids is 1. The van der Waals surface area contributed by atoms with Gasteiger partial charge in [-0.1, -0.05) is 92.6 Å². The molecule has 2 aromatic rings. The molecule has 172 valence electrons. The maximum Gasteiger partial charge on any atom is 0.331 e. The first-order valence-corrected chi connectivity index (χ1v) is 11.9. The minimum atomic E-state index is -0.513. The molecule has 3 atom stereocenters. The van der Waals surface area contributed by atoms with Crippen molar-refractivity contribution >= 4 is 11.7 Å². The van der Waals surface area contributed by atoms with Crippen LogP contribution in [0.5, 0.6) is 0 Å². The number of ether oxygens (including phenoxy) is 1. The van der Waals surface area contributed by atoms with Crippen molar-refractivity contribution in [2.45, 2.75) is 66.3 Å². The number of esters is 1. The first-order chi connectivity index (χ1) is 15.5. The van der Waals surface area contributed by atoms with Gasteiger partial charge in [-0.25, -0.2) is 4.79 Å². The van der Waals surface area contributed by atoms with Gasteiger partial charge >= 0.3 is 5.97 Å². The Morgan fingerprint density at radius 2 is 1.53 bits per heavy atom. The zero-order valence-electron chi connectivity index (χ0n) is 20.4. The summed E-state index contributed by atoms with van der Waals surface area (Å²) < 4.78 is 5.50. The summed E-state index contributed by atoms with van der Waals surface area (Å²) in [6.07, 6.45) is 6.33. The van der Waals surface area contributed by atoms with Gasteiger partial charge in [-0.3, -0.25) is 4.99 Å². The van der Waals surface area contributed by atoms with Crippen LogP contribution in [0.15, 0.2) is 77.3 Å². The maximum atomic E-state index is 13.1. The first kappa shape index (κ1) is 25.6. The van der Waals surface area contributed by atoms with Gasteiger partial charge in [-0.2, -0.15) is 0 Å². The fourth-order valence-electron chi connectivity index (χ4n) is 4.04. The Morgan fingerprint density at radius 1 is 0.969 bits per heavy atom. The average molecular weight is 434 g/mol. The number of hydrogen-bond donors (Lipinski definition) is 0. The van der Waals surface area contributed by atoms with Crippen molar-refractivity contribution in [3.05, 3.63) is 83.4 Å². The van der Waals surface area contributed by atoms with Crippen LogP contribution in [0.3, 0.4) is 0 Å². The molecule has 0 bridgehead atoms. The number of hydrogen-bond acceptors (Lipinski definition) is 3. The van der Waals surface area contributed by atoms with E-state index in [9.17, 15) is 4.79 Å². The maximum absolute atomic E-state index is 13.1. The molecular formula is C29H39NO2. The van der Waals surface area contributed by atoms with Crippen molar-refractivity contribution in [2.24, 2.45) is 16.8 Å². The lowest BCUT2D eigenvalue weighted by Gasteiger charge is -2.25. The Bertz CT molecular complexity index is 825. The molecular weight excluding hydrogens is 394 g/mol. The molecule has 0 aromatic heterocycles. The predicted octanol–water partition coefficient (Wildman–Crippen LogP) is 7.25. The van der Waals surface area contributed by atoms with Gasteiger partial charge in [0.25, 0.3) is 0 Å². The summed E-state index contributed by atoms with van der Waals surface area (Å²) in [7, 11) is 0. The summed E-state index contributed by atoms with van der Waals surface area (Å²) >= 11 is 0. The fourth-order valence-corrected chi connectivity index (χ4v) is 4.04. The lowest BCUT2D eigenvalue weighted by molar-refractivity contribution is -0.146. The molecule has 0 unspecified atom stereocenters. The summed E-state index contributed by atoms with van der Waals surface area (Å²) in [4.78, 5) is 18.2. The molecule has 0 saturated heterocycles. The van der Waals surface area contributed by atoms with Gasteiger partial charge in [0.1, 0.15) is 0 Å². The molecule has 3 nitrogen and oxygen atoms in total. The SMILES string of the molecule is CCOC(=O)[C@@H](N=C(c1ccccc1)c1ccccc1)[C@H](CC)C[C@H](C)CCC=C(C)C. The van der Waals surface area contributed by atoms with Crippen molar-refractivity contribution in [3.8, 4) is 0 Å². The Hall–Kier alpha value is -2.68. The van der Waals surface area contributed by atoms with E-state index in [-0.39, 0.29) is 11.9 Å². The highest BCUT2D eigenvalue weighted by Crippen LogP contribution is 2.27. The van der Waals surface area contributed by atoms with Crippen LogP contribution in [0.25, 0.3) is 0 Å². The molecule has 0 aliphatic heterocycles. The Kier molecular flexibility index (Phi) is 10.9. The van der Waals surface area contributed by atoms with Crippen molar-refractivity contribution in [1.29, 1.82) is 0 Å². The molecule has 0 saturated carbocycles. The smallest absolute Gasteiger partial charge is 0.331 e. The highest BCUT2D eigenvalue weighted by atomic mass is 16.5. The zero-order valence-corrected chi connectivity index (χ0v) is 20.4. The van der Waals surface area contributed by atoms with E-state index in [0.29, 0.717) is 12.5 Å². The van der Waals surface area contributed by atoms with E-state index >= 15 is 0 Å². The lowest BCUT2D eigenvalue weighted by atomic mass is 9.85. The normalized spacial score (nSPS) is 13.5. The summed E-state index contributed by atoms with van der Waals surface area (Å²) in [5.74, 6) is 0.429. The largest absolute Gasteiger partial charge is 0.464 e. The van der Waals surface area contributed by atoms with E-state index in [1.165, 1.54) is 5.57 Å². The van der Waals surface area contributed by atoms with Gasteiger partial charge in [0.2, 0.25) is 0 Å². The fraction of sp³-hybridized carbons (Fsp3) is 0.448. The summed E-state index contributed by atoms with van der Waals surface area (Å²) in [6, 6.07) is 19.7. The molecule has 2 rings (SSSR count). The Morgan fingerprint density at radius 3 is 2.00 bits per heavy atom. The van der Waals surface area contributed by atoms with E-state index in [2.05, 4.69) is 58.0 Å².